The summed E-state index contributed by atoms with van der Waals surface area (Å²) in [4.78, 5) is 8.88. The molecule has 1 fully saturated rings. The van der Waals surface area contributed by atoms with Crippen molar-refractivity contribution in [1.29, 1.82) is 0 Å². The van der Waals surface area contributed by atoms with Gasteiger partial charge in [-0.1, -0.05) is 29.3 Å². The third kappa shape index (κ3) is 4.13. The molecule has 0 amide bonds. The molecule has 8 heteroatoms. The molecule has 1 N–H and O–H groups in total. The van der Waals surface area contributed by atoms with E-state index in [0.717, 1.165) is 28.5 Å². The molecule has 1 saturated heterocycles. The third-order valence-corrected chi connectivity index (χ3v) is 6.85. The summed E-state index contributed by atoms with van der Waals surface area (Å²) in [7, 11) is 4.05. The molecule has 5 rings (SSSR count). The number of rotatable bonds is 5. The van der Waals surface area contributed by atoms with Crippen LogP contribution in [0.15, 0.2) is 85.2 Å². The zero-order chi connectivity index (χ0) is 23.8. The smallest absolute Gasteiger partial charge is 0.174 e. The molecule has 172 valence electrons. The Morgan fingerprint density at radius 2 is 1.76 bits per heavy atom. The molecule has 0 radical (unpaired) electrons. The van der Waals surface area contributed by atoms with Crippen molar-refractivity contribution in [2.45, 2.75) is 12.1 Å². The van der Waals surface area contributed by atoms with Crippen LogP contribution in [0.3, 0.4) is 0 Å². The number of thiocarbonyl (C=S) groups is 1. The molecule has 2 atom stereocenters. The van der Waals surface area contributed by atoms with Crippen LogP contribution >= 0.6 is 35.4 Å². The first kappa shape index (κ1) is 22.7. The number of pyridine rings is 1. The largest absolute Gasteiger partial charge is 0.378 e. The van der Waals surface area contributed by atoms with Crippen LogP contribution in [0.1, 0.15) is 23.5 Å². The third-order valence-electron chi connectivity index (χ3n) is 5.99. The van der Waals surface area contributed by atoms with Gasteiger partial charge in [0.05, 0.1) is 22.4 Å². The molecular formula is C26H23Cl2N5S. The summed E-state index contributed by atoms with van der Waals surface area (Å²) in [6, 6.07) is 23.7. The zero-order valence-corrected chi connectivity index (χ0v) is 21.0. The average molecular weight is 508 g/mol. The molecule has 2 aromatic carbocycles. The summed E-state index contributed by atoms with van der Waals surface area (Å²) >= 11 is 18.6. The summed E-state index contributed by atoms with van der Waals surface area (Å²) in [5.74, 6) is 0. The Hall–Kier alpha value is -3.06. The first-order chi connectivity index (χ1) is 16.4. The zero-order valence-electron chi connectivity index (χ0n) is 18.7. The van der Waals surface area contributed by atoms with Crippen molar-refractivity contribution in [3.8, 4) is 5.69 Å². The molecule has 1 aliphatic rings. The topological polar surface area (TPSA) is 36.3 Å². The van der Waals surface area contributed by atoms with E-state index < -0.39 is 0 Å². The molecule has 0 unspecified atom stereocenters. The highest BCUT2D eigenvalue weighted by Gasteiger charge is 2.42. The quantitative estimate of drug-likeness (QED) is 0.315. The summed E-state index contributed by atoms with van der Waals surface area (Å²) < 4.78 is 2.09. The minimum atomic E-state index is -0.158. The van der Waals surface area contributed by atoms with Crippen molar-refractivity contribution in [2.75, 3.05) is 23.9 Å². The first-order valence-electron chi connectivity index (χ1n) is 10.8. The van der Waals surface area contributed by atoms with E-state index in [9.17, 15) is 0 Å². The van der Waals surface area contributed by atoms with E-state index in [-0.39, 0.29) is 12.1 Å². The summed E-state index contributed by atoms with van der Waals surface area (Å²) in [5.41, 5.74) is 4.92. The van der Waals surface area contributed by atoms with Gasteiger partial charge < -0.3 is 19.7 Å². The van der Waals surface area contributed by atoms with Gasteiger partial charge >= 0.3 is 0 Å². The summed E-state index contributed by atoms with van der Waals surface area (Å²) in [6.07, 6.45) is 3.81. The van der Waals surface area contributed by atoms with Crippen molar-refractivity contribution in [3.05, 3.63) is 107 Å². The van der Waals surface area contributed by atoms with Crippen LogP contribution < -0.4 is 15.1 Å². The Morgan fingerprint density at radius 1 is 0.971 bits per heavy atom. The number of hydrogen-bond donors (Lipinski definition) is 1. The maximum Gasteiger partial charge on any atom is 0.174 e. The van der Waals surface area contributed by atoms with E-state index in [1.54, 1.807) is 12.3 Å². The molecular weight excluding hydrogens is 485 g/mol. The monoisotopic (exact) mass is 507 g/mol. The fourth-order valence-corrected chi connectivity index (χ4v) is 5.22. The predicted octanol–water partition coefficient (Wildman–Crippen LogP) is 6.42. The van der Waals surface area contributed by atoms with Crippen LogP contribution in [0.25, 0.3) is 5.69 Å². The van der Waals surface area contributed by atoms with Crippen LogP contribution in [0.5, 0.6) is 0 Å². The highest BCUT2D eigenvalue weighted by atomic mass is 35.5. The highest BCUT2D eigenvalue weighted by molar-refractivity contribution is 7.80. The first-order valence-corrected chi connectivity index (χ1v) is 12.0. The number of nitrogens with one attached hydrogen (secondary N) is 1. The lowest BCUT2D eigenvalue weighted by atomic mass is 10.0. The number of benzene rings is 2. The maximum absolute atomic E-state index is 6.60. The van der Waals surface area contributed by atoms with Gasteiger partial charge in [0.15, 0.2) is 5.11 Å². The van der Waals surface area contributed by atoms with E-state index in [1.165, 1.54) is 0 Å². The van der Waals surface area contributed by atoms with Gasteiger partial charge in [-0.15, -0.1) is 0 Å². The van der Waals surface area contributed by atoms with Crippen molar-refractivity contribution in [1.82, 2.24) is 14.9 Å². The van der Waals surface area contributed by atoms with E-state index >= 15 is 0 Å². The van der Waals surface area contributed by atoms with Gasteiger partial charge in [0, 0.05) is 48.6 Å². The van der Waals surface area contributed by atoms with Crippen molar-refractivity contribution < 1.29 is 0 Å². The lowest BCUT2D eigenvalue weighted by Crippen LogP contribution is -2.30. The number of aromatic nitrogens is 2. The van der Waals surface area contributed by atoms with Crippen LogP contribution in [-0.4, -0.2) is 28.8 Å². The highest BCUT2D eigenvalue weighted by Crippen LogP contribution is 2.43. The number of halogens is 2. The lowest BCUT2D eigenvalue weighted by molar-refractivity contribution is 0.549. The summed E-state index contributed by atoms with van der Waals surface area (Å²) in [6.45, 7) is 0. The Morgan fingerprint density at radius 3 is 2.44 bits per heavy atom. The minimum absolute atomic E-state index is 0.151. The maximum atomic E-state index is 6.60. The minimum Gasteiger partial charge on any atom is -0.378 e. The standard InChI is InChI=1S/C26H23Cl2N5S/c1-31(2)18-9-11-19(12-10-18)33-25(24(30-26(33)34)21-6-3-4-14-29-21)23-7-5-15-32(23)22-13-8-17(27)16-20(22)28/h3-16,24-25H,1-2H3,(H,30,34)/t24-,25+/m1/s1. The van der Waals surface area contributed by atoms with Gasteiger partial charge in [-0.3, -0.25) is 4.98 Å². The second-order valence-electron chi connectivity index (χ2n) is 8.31. The molecule has 0 bridgehead atoms. The van der Waals surface area contributed by atoms with Crippen LogP contribution in [0.2, 0.25) is 10.0 Å². The van der Waals surface area contributed by atoms with E-state index in [1.807, 2.05) is 56.7 Å². The Bertz CT molecular complexity index is 1320. The molecule has 4 aromatic rings. The SMILES string of the molecule is CN(C)c1ccc(N2C(=S)N[C@H](c3ccccn3)[C@@H]2c2cccn2-c2ccc(Cl)cc2Cl)cc1. The number of anilines is 2. The summed E-state index contributed by atoms with van der Waals surface area (Å²) in [5, 5.41) is 5.34. The molecule has 3 heterocycles. The van der Waals surface area contributed by atoms with Gasteiger partial charge in [-0.25, -0.2) is 0 Å². The Kier molecular flexibility index (Phi) is 6.21. The number of nitrogens with zero attached hydrogens (tertiary/aromatic N) is 4. The molecule has 0 saturated carbocycles. The predicted molar refractivity (Wildman–Crippen MR) is 144 cm³/mol. The fraction of sp³-hybridized carbons (Fsp3) is 0.154. The van der Waals surface area contributed by atoms with E-state index in [4.69, 9.17) is 35.4 Å². The normalized spacial score (nSPS) is 17.6. The van der Waals surface area contributed by atoms with Gasteiger partial charge in [0.2, 0.25) is 0 Å². The van der Waals surface area contributed by atoms with Gasteiger partial charge in [-0.05, 0) is 78.9 Å². The van der Waals surface area contributed by atoms with Crippen LogP contribution in [-0.2, 0) is 0 Å². The number of hydrogen-bond acceptors (Lipinski definition) is 3. The Balaban J connectivity index is 1.65. The van der Waals surface area contributed by atoms with Gasteiger partial charge in [-0.2, -0.15) is 0 Å². The fourth-order valence-electron chi connectivity index (χ4n) is 4.38. The van der Waals surface area contributed by atoms with E-state index in [2.05, 4.69) is 55.0 Å². The molecule has 0 spiro atoms. The molecule has 2 aromatic heterocycles. The second-order valence-corrected chi connectivity index (χ2v) is 9.54. The molecule has 34 heavy (non-hydrogen) atoms. The lowest BCUT2D eigenvalue weighted by Gasteiger charge is -2.29. The Labute approximate surface area is 214 Å². The van der Waals surface area contributed by atoms with Gasteiger partial charge in [0.25, 0.3) is 0 Å². The van der Waals surface area contributed by atoms with E-state index in [0.29, 0.717) is 15.2 Å². The molecule has 1 aliphatic heterocycles. The second kappa shape index (κ2) is 9.29. The van der Waals surface area contributed by atoms with Crippen LogP contribution in [0.4, 0.5) is 11.4 Å². The molecule has 0 aliphatic carbocycles. The molecule has 5 nitrogen and oxygen atoms in total. The van der Waals surface area contributed by atoms with Crippen LogP contribution in [0, 0.1) is 0 Å². The van der Waals surface area contributed by atoms with Gasteiger partial charge in [0.1, 0.15) is 6.04 Å². The van der Waals surface area contributed by atoms with Crippen molar-refractivity contribution in [3.63, 3.8) is 0 Å². The average Bonchev–Trinajstić information content (AvgIpc) is 3.44. The van der Waals surface area contributed by atoms with Crippen molar-refractivity contribution >= 4 is 51.9 Å². The van der Waals surface area contributed by atoms with Crippen molar-refractivity contribution in [2.24, 2.45) is 0 Å².